The minimum Gasteiger partial charge on any atom is -0.497 e. The monoisotopic (exact) mass is 280 g/mol. The largest absolute Gasteiger partial charge is 0.497 e. The fraction of sp³-hybridized carbons (Fsp3) is 0.368. The van der Waals surface area contributed by atoms with Crippen molar-refractivity contribution in [3.8, 4) is 16.9 Å². The maximum Gasteiger partial charge on any atom is 0.118 e. The summed E-state index contributed by atoms with van der Waals surface area (Å²) in [5.41, 5.74) is 3.94. The lowest BCUT2D eigenvalue weighted by atomic mass is 9.95. The van der Waals surface area contributed by atoms with Crippen molar-refractivity contribution < 1.29 is 9.47 Å². The zero-order chi connectivity index (χ0) is 14.2. The summed E-state index contributed by atoms with van der Waals surface area (Å²) in [6, 6.07) is 17.2. The Morgan fingerprint density at radius 1 is 0.905 bits per heavy atom. The summed E-state index contributed by atoms with van der Waals surface area (Å²) >= 11 is 0. The number of hydrogen-bond acceptors (Lipinski definition) is 2. The summed E-state index contributed by atoms with van der Waals surface area (Å²) in [4.78, 5) is 0. The van der Waals surface area contributed by atoms with E-state index in [0.29, 0.717) is 12.2 Å². The Bertz CT molecular complexity index is 605. The van der Waals surface area contributed by atoms with Crippen LogP contribution in [0.1, 0.15) is 18.4 Å². The normalized spacial score (nSPS) is 26.4. The van der Waals surface area contributed by atoms with Crippen LogP contribution in [0.25, 0.3) is 11.1 Å². The fourth-order valence-electron chi connectivity index (χ4n) is 3.46. The third kappa shape index (κ3) is 2.68. The number of rotatable bonds is 4. The summed E-state index contributed by atoms with van der Waals surface area (Å²) in [5, 5.41) is 0. The van der Waals surface area contributed by atoms with Crippen LogP contribution in [0.2, 0.25) is 0 Å². The predicted molar refractivity (Wildman–Crippen MR) is 83.5 cm³/mol. The van der Waals surface area contributed by atoms with Gasteiger partial charge in [0.15, 0.2) is 0 Å². The summed E-state index contributed by atoms with van der Waals surface area (Å²) in [7, 11) is 1.70. The van der Waals surface area contributed by atoms with Crippen molar-refractivity contribution in [3.05, 3.63) is 54.1 Å². The molecule has 2 fully saturated rings. The van der Waals surface area contributed by atoms with Gasteiger partial charge in [0.05, 0.1) is 19.3 Å². The van der Waals surface area contributed by atoms with Crippen LogP contribution in [0.15, 0.2) is 48.5 Å². The van der Waals surface area contributed by atoms with Gasteiger partial charge in [0.25, 0.3) is 0 Å². The number of fused-ring (bicyclic) bond motifs is 1. The lowest BCUT2D eigenvalue weighted by Crippen LogP contribution is -2.03. The zero-order valence-corrected chi connectivity index (χ0v) is 12.3. The number of epoxide rings is 1. The third-order valence-corrected chi connectivity index (χ3v) is 4.72. The van der Waals surface area contributed by atoms with Crippen molar-refractivity contribution in [2.45, 2.75) is 31.5 Å². The average Bonchev–Trinajstić information content (AvgIpc) is 3.15. The van der Waals surface area contributed by atoms with Gasteiger partial charge in [-0.15, -0.1) is 0 Å². The highest BCUT2D eigenvalue weighted by Gasteiger charge is 2.47. The van der Waals surface area contributed by atoms with Crippen LogP contribution in [0.5, 0.6) is 5.75 Å². The standard InChI is InChI=1S/C19H20O2/c1-20-17-8-6-16(7-9-17)15-4-2-13(3-5-15)10-14-11-18-19(12-14)21-18/h2-9,14,18-19H,10-12H2,1H3/t14-,18+,19-. The van der Waals surface area contributed by atoms with Gasteiger partial charge in [0, 0.05) is 0 Å². The van der Waals surface area contributed by atoms with Crippen LogP contribution < -0.4 is 4.74 Å². The van der Waals surface area contributed by atoms with Crippen LogP contribution in [0.3, 0.4) is 0 Å². The summed E-state index contributed by atoms with van der Waals surface area (Å²) in [6.45, 7) is 0. The second kappa shape index (κ2) is 5.19. The molecule has 0 radical (unpaired) electrons. The second-order valence-electron chi connectivity index (χ2n) is 6.18. The summed E-state index contributed by atoms with van der Waals surface area (Å²) < 4.78 is 10.7. The Morgan fingerprint density at radius 3 is 2.05 bits per heavy atom. The topological polar surface area (TPSA) is 21.8 Å². The first-order chi connectivity index (χ1) is 10.3. The number of hydrogen-bond donors (Lipinski definition) is 0. The Labute approximate surface area is 125 Å². The molecule has 0 unspecified atom stereocenters. The lowest BCUT2D eigenvalue weighted by Gasteiger charge is -2.11. The molecule has 0 amide bonds. The molecule has 1 saturated carbocycles. The molecule has 108 valence electrons. The summed E-state index contributed by atoms with van der Waals surface area (Å²) in [5.74, 6) is 1.72. The molecule has 0 N–H and O–H groups in total. The molecule has 21 heavy (non-hydrogen) atoms. The van der Waals surface area contributed by atoms with Crippen LogP contribution in [0, 0.1) is 5.92 Å². The van der Waals surface area contributed by atoms with Gasteiger partial charge in [-0.05, 0) is 54.0 Å². The molecule has 2 heteroatoms. The molecular weight excluding hydrogens is 260 g/mol. The molecule has 0 aromatic heterocycles. The minimum absolute atomic E-state index is 0.591. The maximum absolute atomic E-state index is 5.51. The van der Waals surface area contributed by atoms with Crippen LogP contribution in [0.4, 0.5) is 0 Å². The van der Waals surface area contributed by atoms with Crippen LogP contribution in [-0.2, 0) is 11.2 Å². The highest BCUT2D eigenvalue weighted by molar-refractivity contribution is 5.64. The van der Waals surface area contributed by atoms with Crippen molar-refractivity contribution >= 4 is 0 Å². The third-order valence-electron chi connectivity index (χ3n) is 4.72. The Hall–Kier alpha value is -1.80. The van der Waals surface area contributed by atoms with Gasteiger partial charge >= 0.3 is 0 Å². The molecule has 2 aromatic carbocycles. The first-order valence-electron chi connectivity index (χ1n) is 7.70. The Morgan fingerprint density at radius 2 is 1.48 bits per heavy atom. The van der Waals surface area contributed by atoms with Crippen molar-refractivity contribution in [2.75, 3.05) is 7.11 Å². The Kier molecular flexibility index (Phi) is 3.19. The van der Waals surface area contributed by atoms with Gasteiger partial charge < -0.3 is 9.47 Å². The van der Waals surface area contributed by atoms with E-state index in [0.717, 1.165) is 11.7 Å². The van der Waals surface area contributed by atoms with Gasteiger partial charge in [-0.1, -0.05) is 36.4 Å². The molecule has 0 bridgehead atoms. The highest BCUT2D eigenvalue weighted by Crippen LogP contribution is 2.43. The molecule has 0 spiro atoms. The van der Waals surface area contributed by atoms with Crippen molar-refractivity contribution in [2.24, 2.45) is 5.92 Å². The number of methoxy groups -OCH3 is 1. The predicted octanol–water partition coefficient (Wildman–Crippen LogP) is 4.08. The molecule has 2 nitrogen and oxygen atoms in total. The van der Waals surface area contributed by atoms with Crippen LogP contribution >= 0.6 is 0 Å². The fourth-order valence-corrected chi connectivity index (χ4v) is 3.46. The molecule has 1 heterocycles. The zero-order valence-electron chi connectivity index (χ0n) is 12.3. The quantitative estimate of drug-likeness (QED) is 0.787. The van der Waals surface area contributed by atoms with E-state index in [2.05, 4.69) is 36.4 Å². The Balaban J connectivity index is 1.44. The van der Waals surface area contributed by atoms with E-state index in [1.165, 1.54) is 36.0 Å². The van der Waals surface area contributed by atoms with Crippen molar-refractivity contribution in [1.29, 1.82) is 0 Å². The van der Waals surface area contributed by atoms with E-state index in [4.69, 9.17) is 9.47 Å². The molecular formula is C19H20O2. The average molecular weight is 280 g/mol. The molecule has 2 aromatic rings. The van der Waals surface area contributed by atoms with E-state index in [1.807, 2.05) is 12.1 Å². The minimum atomic E-state index is 0.591. The first-order valence-corrected chi connectivity index (χ1v) is 7.70. The van der Waals surface area contributed by atoms with E-state index in [1.54, 1.807) is 7.11 Å². The van der Waals surface area contributed by atoms with Crippen molar-refractivity contribution in [1.82, 2.24) is 0 Å². The number of benzene rings is 2. The van der Waals surface area contributed by atoms with Gasteiger partial charge in [-0.25, -0.2) is 0 Å². The second-order valence-corrected chi connectivity index (χ2v) is 6.18. The van der Waals surface area contributed by atoms with E-state index in [-0.39, 0.29) is 0 Å². The smallest absolute Gasteiger partial charge is 0.118 e. The van der Waals surface area contributed by atoms with Gasteiger partial charge in [-0.2, -0.15) is 0 Å². The first kappa shape index (κ1) is 12.9. The molecule has 1 aliphatic carbocycles. The van der Waals surface area contributed by atoms with Gasteiger partial charge in [0.2, 0.25) is 0 Å². The number of ether oxygens (including phenoxy) is 2. The molecule has 2 aliphatic rings. The summed E-state index contributed by atoms with van der Waals surface area (Å²) in [6.07, 6.45) is 4.89. The van der Waals surface area contributed by atoms with E-state index < -0.39 is 0 Å². The lowest BCUT2D eigenvalue weighted by molar-refractivity contribution is 0.272. The molecule has 1 aliphatic heterocycles. The SMILES string of the molecule is COc1ccc(-c2ccc(C[C@@H]3C[C@@H]4O[C@@H]4C3)cc2)cc1. The van der Waals surface area contributed by atoms with E-state index in [9.17, 15) is 0 Å². The van der Waals surface area contributed by atoms with Crippen molar-refractivity contribution in [3.63, 3.8) is 0 Å². The van der Waals surface area contributed by atoms with Gasteiger partial charge in [0.1, 0.15) is 5.75 Å². The van der Waals surface area contributed by atoms with E-state index >= 15 is 0 Å². The molecule has 4 rings (SSSR count). The highest BCUT2D eigenvalue weighted by atomic mass is 16.6. The maximum atomic E-state index is 5.51. The molecule has 3 atom stereocenters. The van der Waals surface area contributed by atoms with Gasteiger partial charge in [-0.3, -0.25) is 0 Å². The molecule has 1 saturated heterocycles. The van der Waals surface area contributed by atoms with Crippen LogP contribution in [-0.4, -0.2) is 19.3 Å².